The molecule has 1 N–H and O–H groups in total. The molecule has 0 radical (unpaired) electrons. The van der Waals surface area contributed by atoms with Crippen LogP contribution in [0.15, 0.2) is 48.5 Å². The molecule has 7 heteroatoms. The zero-order valence-corrected chi connectivity index (χ0v) is 16.1. The number of carbonyl (C=O) groups excluding carboxylic acids is 2. The monoisotopic (exact) mass is 388 g/mol. The smallest absolute Gasteiger partial charge is 0.243 e. The van der Waals surface area contributed by atoms with Gasteiger partial charge in [0.2, 0.25) is 11.8 Å². The first kappa shape index (κ1) is 21.2. The topological polar surface area (TPSA) is 67.9 Å². The molecule has 2 rings (SSSR count). The summed E-state index contributed by atoms with van der Waals surface area (Å²) in [6, 6.07) is 12.7. The Balaban J connectivity index is 1.66. The van der Waals surface area contributed by atoms with Crippen molar-refractivity contribution in [3.8, 4) is 11.5 Å². The highest BCUT2D eigenvalue weighted by Gasteiger charge is 2.13. The molecule has 0 aliphatic carbocycles. The highest BCUT2D eigenvalue weighted by Crippen LogP contribution is 2.17. The zero-order chi connectivity index (χ0) is 20.4. The molecule has 2 aromatic carbocycles. The predicted octanol–water partition coefficient (Wildman–Crippen LogP) is 3.48. The molecule has 150 valence electrons. The number of carbonyl (C=O) groups is 2. The van der Waals surface area contributed by atoms with Crippen LogP contribution in [0.2, 0.25) is 0 Å². The summed E-state index contributed by atoms with van der Waals surface area (Å²) in [6.45, 7) is 2.86. The van der Waals surface area contributed by atoms with Gasteiger partial charge >= 0.3 is 0 Å². The Bertz CT molecular complexity index is 763. The van der Waals surface area contributed by atoms with E-state index < -0.39 is 0 Å². The second kappa shape index (κ2) is 10.9. The number of halogens is 1. The average Bonchev–Trinajstić information content (AvgIpc) is 2.68. The summed E-state index contributed by atoms with van der Waals surface area (Å²) in [5.74, 6) is 0.629. The van der Waals surface area contributed by atoms with Gasteiger partial charge in [-0.2, -0.15) is 0 Å². The summed E-state index contributed by atoms with van der Waals surface area (Å²) in [7, 11) is 1.57. The third-order valence-electron chi connectivity index (χ3n) is 3.87. The van der Waals surface area contributed by atoms with Crippen molar-refractivity contribution in [3.63, 3.8) is 0 Å². The van der Waals surface area contributed by atoms with Crippen LogP contribution in [0.1, 0.15) is 19.8 Å². The molecule has 0 atom stereocenters. The lowest BCUT2D eigenvalue weighted by molar-refractivity contribution is -0.133. The number of anilines is 1. The van der Waals surface area contributed by atoms with E-state index in [0.29, 0.717) is 31.1 Å². The molecule has 0 heterocycles. The number of likely N-dealkylation sites (N-methyl/N-ethyl adjacent to an activating group) is 1. The van der Waals surface area contributed by atoms with Gasteiger partial charge in [-0.1, -0.05) is 0 Å². The van der Waals surface area contributed by atoms with E-state index in [1.54, 1.807) is 7.05 Å². The first-order chi connectivity index (χ1) is 13.5. The number of nitrogens with zero attached hydrogens (tertiary/aromatic N) is 1. The molecule has 0 aliphatic heterocycles. The Morgan fingerprint density at radius 1 is 1.00 bits per heavy atom. The third kappa shape index (κ3) is 7.26. The van der Waals surface area contributed by atoms with E-state index in [1.807, 2.05) is 31.2 Å². The number of ether oxygens (including phenoxy) is 2. The Morgan fingerprint density at radius 3 is 2.21 bits per heavy atom. The van der Waals surface area contributed by atoms with Gasteiger partial charge in [0.1, 0.15) is 17.3 Å². The van der Waals surface area contributed by atoms with Gasteiger partial charge in [0.15, 0.2) is 0 Å². The molecule has 0 bridgehead atoms. The average molecular weight is 388 g/mol. The maximum Gasteiger partial charge on any atom is 0.243 e. The summed E-state index contributed by atoms with van der Waals surface area (Å²) >= 11 is 0. The zero-order valence-electron chi connectivity index (χ0n) is 16.1. The minimum atomic E-state index is -0.377. The fourth-order valence-electron chi connectivity index (χ4n) is 2.44. The van der Waals surface area contributed by atoms with Crippen molar-refractivity contribution in [3.05, 3.63) is 54.3 Å². The molecule has 0 aromatic heterocycles. The number of benzene rings is 2. The normalized spacial score (nSPS) is 10.2. The number of rotatable bonds is 10. The highest BCUT2D eigenvalue weighted by molar-refractivity contribution is 5.94. The molecule has 0 saturated carbocycles. The summed E-state index contributed by atoms with van der Waals surface area (Å²) in [4.78, 5) is 25.5. The Kier molecular flexibility index (Phi) is 8.27. The third-order valence-corrected chi connectivity index (χ3v) is 3.87. The molecule has 0 unspecified atom stereocenters. The predicted molar refractivity (Wildman–Crippen MR) is 105 cm³/mol. The van der Waals surface area contributed by atoms with Crippen LogP contribution >= 0.6 is 0 Å². The van der Waals surface area contributed by atoms with Gasteiger partial charge in [-0.3, -0.25) is 9.59 Å². The molecule has 0 saturated heterocycles. The first-order valence-electron chi connectivity index (χ1n) is 9.13. The van der Waals surface area contributed by atoms with E-state index in [2.05, 4.69) is 5.32 Å². The van der Waals surface area contributed by atoms with Gasteiger partial charge in [-0.25, -0.2) is 4.39 Å². The fraction of sp³-hybridized carbons (Fsp3) is 0.333. The minimum absolute atomic E-state index is 0.0735. The van der Waals surface area contributed by atoms with Crippen molar-refractivity contribution in [1.82, 2.24) is 4.90 Å². The van der Waals surface area contributed by atoms with Crippen molar-refractivity contribution in [2.75, 3.05) is 32.1 Å². The molecule has 0 fully saturated rings. The highest BCUT2D eigenvalue weighted by atomic mass is 19.1. The van der Waals surface area contributed by atoms with E-state index in [-0.39, 0.29) is 30.6 Å². The van der Waals surface area contributed by atoms with Crippen LogP contribution in [-0.4, -0.2) is 43.5 Å². The lowest BCUT2D eigenvalue weighted by Gasteiger charge is -2.17. The Morgan fingerprint density at radius 2 is 1.61 bits per heavy atom. The van der Waals surface area contributed by atoms with Crippen molar-refractivity contribution < 1.29 is 23.5 Å². The second-order valence-electron chi connectivity index (χ2n) is 6.16. The van der Waals surface area contributed by atoms with Gasteiger partial charge < -0.3 is 19.7 Å². The Hall–Kier alpha value is -3.09. The number of amides is 2. The van der Waals surface area contributed by atoms with Crippen molar-refractivity contribution >= 4 is 17.5 Å². The summed E-state index contributed by atoms with van der Waals surface area (Å²) in [5.41, 5.74) is 0.482. The standard InChI is InChI=1S/C21H25FN2O4/c1-3-27-18-10-12-19(13-11-18)28-14-4-5-21(26)24(2)15-20(25)23-17-8-6-16(22)7-9-17/h6-13H,3-5,14-15H2,1-2H3,(H,23,25). The van der Waals surface area contributed by atoms with E-state index in [9.17, 15) is 14.0 Å². The SMILES string of the molecule is CCOc1ccc(OCCCC(=O)N(C)CC(=O)Nc2ccc(F)cc2)cc1. The van der Waals surface area contributed by atoms with Crippen LogP contribution in [0.4, 0.5) is 10.1 Å². The van der Waals surface area contributed by atoms with Gasteiger partial charge in [0, 0.05) is 19.2 Å². The molecule has 2 aromatic rings. The van der Waals surface area contributed by atoms with Gasteiger partial charge in [0.05, 0.1) is 19.8 Å². The molecule has 2 amide bonds. The molecule has 0 aliphatic rings. The van der Waals surface area contributed by atoms with Crippen LogP contribution < -0.4 is 14.8 Å². The second-order valence-corrected chi connectivity index (χ2v) is 6.16. The molecular formula is C21H25FN2O4. The van der Waals surface area contributed by atoms with Crippen LogP contribution in [-0.2, 0) is 9.59 Å². The largest absolute Gasteiger partial charge is 0.494 e. The van der Waals surface area contributed by atoms with Crippen LogP contribution in [0.3, 0.4) is 0 Å². The number of nitrogens with one attached hydrogen (secondary N) is 1. The molecule has 28 heavy (non-hydrogen) atoms. The van der Waals surface area contributed by atoms with Gasteiger partial charge in [0.25, 0.3) is 0 Å². The van der Waals surface area contributed by atoms with E-state index in [1.165, 1.54) is 29.2 Å². The van der Waals surface area contributed by atoms with Crippen LogP contribution in [0.5, 0.6) is 11.5 Å². The van der Waals surface area contributed by atoms with Gasteiger partial charge in [-0.05, 0) is 61.9 Å². The van der Waals surface area contributed by atoms with Crippen molar-refractivity contribution in [1.29, 1.82) is 0 Å². The molecular weight excluding hydrogens is 363 g/mol. The minimum Gasteiger partial charge on any atom is -0.494 e. The van der Waals surface area contributed by atoms with Crippen LogP contribution in [0.25, 0.3) is 0 Å². The first-order valence-corrected chi connectivity index (χ1v) is 9.13. The summed E-state index contributed by atoms with van der Waals surface area (Å²) < 4.78 is 23.8. The van der Waals surface area contributed by atoms with Gasteiger partial charge in [-0.15, -0.1) is 0 Å². The number of hydrogen-bond donors (Lipinski definition) is 1. The van der Waals surface area contributed by atoms with Crippen molar-refractivity contribution in [2.45, 2.75) is 19.8 Å². The van der Waals surface area contributed by atoms with Crippen molar-refractivity contribution in [2.24, 2.45) is 0 Å². The van der Waals surface area contributed by atoms with E-state index >= 15 is 0 Å². The maximum absolute atomic E-state index is 12.9. The lowest BCUT2D eigenvalue weighted by atomic mass is 10.2. The molecule has 0 spiro atoms. The van der Waals surface area contributed by atoms with Crippen LogP contribution in [0, 0.1) is 5.82 Å². The fourth-order valence-corrected chi connectivity index (χ4v) is 2.44. The summed E-state index contributed by atoms with van der Waals surface area (Å²) in [5, 5.41) is 2.62. The maximum atomic E-state index is 12.9. The molecule has 6 nitrogen and oxygen atoms in total. The number of hydrogen-bond acceptors (Lipinski definition) is 4. The quantitative estimate of drug-likeness (QED) is 0.633. The lowest BCUT2D eigenvalue weighted by Crippen LogP contribution is -2.34. The van der Waals surface area contributed by atoms with E-state index in [4.69, 9.17) is 9.47 Å². The van der Waals surface area contributed by atoms with E-state index in [0.717, 1.165) is 5.75 Å². The summed E-state index contributed by atoms with van der Waals surface area (Å²) in [6.07, 6.45) is 0.813. The Labute approximate surface area is 164 Å².